The Hall–Kier alpha value is -2.08. The molecule has 2 aromatic rings. The van der Waals surface area contributed by atoms with Crippen molar-refractivity contribution in [2.75, 3.05) is 0 Å². The number of fused-ring (bicyclic) bond motifs is 1. The van der Waals surface area contributed by atoms with Crippen LogP contribution in [0, 0.1) is 18.7 Å². The molecule has 2 amide bonds. The van der Waals surface area contributed by atoms with Gasteiger partial charge < -0.3 is 20.2 Å². The van der Waals surface area contributed by atoms with Crippen LogP contribution in [0.5, 0.6) is 0 Å². The molecule has 1 atom stereocenters. The maximum Gasteiger partial charge on any atom is 0.315 e. The van der Waals surface area contributed by atoms with Crippen LogP contribution in [-0.2, 0) is 0 Å². The molecule has 0 aliphatic heterocycles. The predicted octanol–water partition coefficient (Wildman–Crippen LogP) is 4.18. The molecule has 1 aliphatic carbocycles. The third kappa shape index (κ3) is 4.01. The number of nitrogens with one attached hydrogen (secondary N) is 2. The second-order valence-corrected chi connectivity index (χ2v) is 7.58. The molecule has 0 radical (unpaired) electrons. The minimum Gasteiger partial charge on any atom is -0.459 e. The van der Waals surface area contributed by atoms with E-state index in [-0.39, 0.29) is 36.0 Å². The monoisotopic (exact) mass is 362 g/mol. The van der Waals surface area contributed by atoms with Crippen LogP contribution in [-0.4, -0.2) is 23.3 Å². The molecule has 1 aliphatic rings. The lowest BCUT2D eigenvalue weighted by Gasteiger charge is -2.28. The third-order valence-corrected chi connectivity index (χ3v) is 5.20. The van der Waals surface area contributed by atoms with Crippen molar-refractivity contribution in [3.8, 4) is 0 Å². The van der Waals surface area contributed by atoms with Crippen molar-refractivity contribution in [3.63, 3.8) is 0 Å². The molecular formula is C20H27FN2O3. The lowest BCUT2D eigenvalue weighted by molar-refractivity contribution is 0.117. The molecule has 0 saturated heterocycles. The number of carbonyl (C=O) groups is 1. The molecule has 142 valence electrons. The first-order valence-electron chi connectivity index (χ1n) is 9.28. The van der Waals surface area contributed by atoms with Crippen molar-refractivity contribution in [1.82, 2.24) is 10.6 Å². The summed E-state index contributed by atoms with van der Waals surface area (Å²) in [5.41, 5.74) is 1.47. The first-order chi connectivity index (χ1) is 12.3. The highest BCUT2D eigenvalue weighted by molar-refractivity contribution is 5.82. The van der Waals surface area contributed by atoms with E-state index in [1.54, 1.807) is 6.07 Å². The van der Waals surface area contributed by atoms with Crippen LogP contribution in [0.3, 0.4) is 0 Å². The summed E-state index contributed by atoms with van der Waals surface area (Å²) >= 11 is 0. The number of aliphatic hydroxyl groups is 1. The van der Waals surface area contributed by atoms with Crippen molar-refractivity contribution in [1.29, 1.82) is 0 Å². The zero-order valence-electron chi connectivity index (χ0n) is 15.5. The number of amides is 2. The maximum atomic E-state index is 13.5. The molecule has 6 heteroatoms. The topological polar surface area (TPSA) is 74.5 Å². The zero-order chi connectivity index (χ0) is 18.8. The summed E-state index contributed by atoms with van der Waals surface area (Å²) in [6, 6.07) is 3.98. The second-order valence-electron chi connectivity index (χ2n) is 7.58. The fourth-order valence-electron chi connectivity index (χ4n) is 3.63. The first-order valence-corrected chi connectivity index (χ1v) is 9.28. The van der Waals surface area contributed by atoms with Gasteiger partial charge in [-0.05, 0) is 56.7 Å². The number of hydrogen-bond acceptors (Lipinski definition) is 3. The van der Waals surface area contributed by atoms with Gasteiger partial charge in [-0.1, -0.05) is 13.8 Å². The smallest absolute Gasteiger partial charge is 0.315 e. The third-order valence-electron chi connectivity index (χ3n) is 5.20. The molecule has 26 heavy (non-hydrogen) atoms. The minimum atomic E-state index is -0.306. The SMILES string of the molecule is Cc1c([C@@H](NC(=O)NC2CCC(O)CC2)C(C)C)oc2ccc(F)cc12. The van der Waals surface area contributed by atoms with Gasteiger partial charge >= 0.3 is 6.03 Å². The van der Waals surface area contributed by atoms with E-state index in [0.717, 1.165) is 23.8 Å². The number of furan rings is 1. The van der Waals surface area contributed by atoms with Gasteiger partial charge in [-0.2, -0.15) is 0 Å². The lowest BCUT2D eigenvalue weighted by atomic mass is 9.93. The molecule has 1 heterocycles. The Labute approximate surface area is 153 Å². The first kappa shape index (κ1) is 18.7. The van der Waals surface area contributed by atoms with E-state index in [4.69, 9.17) is 4.42 Å². The highest BCUT2D eigenvalue weighted by Crippen LogP contribution is 2.33. The van der Waals surface area contributed by atoms with Crippen LogP contribution in [0.15, 0.2) is 22.6 Å². The van der Waals surface area contributed by atoms with Crippen molar-refractivity contribution in [3.05, 3.63) is 35.3 Å². The molecule has 3 rings (SSSR count). The molecular weight excluding hydrogens is 335 g/mol. The van der Waals surface area contributed by atoms with E-state index in [9.17, 15) is 14.3 Å². The van der Waals surface area contributed by atoms with Crippen LogP contribution in [0.4, 0.5) is 9.18 Å². The van der Waals surface area contributed by atoms with E-state index in [0.29, 0.717) is 24.2 Å². The van der Waals surface area contributed by atoms with Gasteiger partial charge in [0.1, 0.15) is 17.2 Å². The summed E-state index contributed by atoms with van der Waals surface area (Å²) < 4.78 is 19.5. The normalized spacial score (nSPS) is 21.8. The highest BCUT2D eigenvalue weighted by atomic mass is 19.1. The Morgan fingerprint density at radius 2 is 1.96 bits per heavy atom. The molecule has 1 saturated carbocycles. The van der Waals surface area contributed by atoms with Gasteiger partial charge in [0.05, 0.1) is 12.1 Å². The van der Waals surface area contributed by atoms with E-state index in [1.807, 2.05) is 20.8 Å². The molecule has 5 nitrogen and oxygen atoms in total. The maximum absolute atomic E-state index is 13.5. The Morgan fingerprint density at radius 3 is 2.62 bits per heavy atom. The molecule has 3 N–H and O–H groups in total. The number of urea groups is 1. The predicted molar refractivity (Wildman–Crippen MR) is 98.4 cm³/mol. The van der Waals surface area contributed by atoms with E-state index in [1.165, 1.54) is 12.1 Å². The van der Waals surface area contributed by atoms with Crippen LogP contribution in [0.1, 0.15) is 56.9 Å². The fourth-order valence-corrected chi connectivity index (χ4v) is 3.63. The van der Waals surface area contributed by atoms with Crippen molar-refractivity contribution < 1.29 is 18.7 Å². The highest BCUT2D eigenvalue weighted by Gasteiger charge is 2.27. The van der Waals surface area contributed by atoms with E-state index in [2.05, 4.69) is 10.6 Å². The van der Waals surface area contributed by atoms with Crippen molar-refractivity contribution in [2.24, 2.45) is 5.92 Å². The molecule has 1 aromatic heterocycles. The Morgan fingerprint density at radius 1 is 1.27 bits per heavy atom. The number of carbonyl (C=O) groups excluding carboxylic acids is 1. The standard InChI is InChI=1S/C20H27FN2O3/c1-11(2)18(23-20(25)22-14-5-7-15(24)8-6-14)19-12(3)16-10-13(21)4-9-17(16)26-19/h4,9-11,14-15,18,24H,5-8H2,1-3H3,(H2,22,23,25)/t14?,15?,18-/m0/s1. The van der Waals surface area contributed by atoms with E-state index >= 15 is 0 Å². The summed E-state index contributed by atoms with van der Waals surface area (Å²) in [5.74, 6) is 0.465. The van der Waals surface area contributed by atoms with Gasteiger partial charge in [-0.15, -0.1) is 0 Å². The molecule has 0 bridgehead atoms. The van der Waals surface area contributed by atoms with Gasteiger partial charge in [0.25, 0.3) is 0 Å². The summed E-state index contributed by atoms with van der Waals surface area (Å²) in [4.78, 5) is 12.5. The van der Waals surface area contributed by atoms with Gasteiger partial charge in [-0.3, -0.25) is 0 Å². The number of halogens is 1. The summed E-state index contributed by atoms with van der Waals surface area (Å²) in [6.07, 6.45) is 2.74. The molecule has 1 fully saturated rings. The van der Waals surface area contributed by atoms with Crippen molar-refractivity contribution in [2.45, 2.75) is 64.6 Å². The summed E-state index contributed by atoms with van der Waals surface area (Å²) in [7, 11) is 0. The zero-order valence-corrected chi connectivity index (χ0v) is 15.5. The van der Waals surface area contributed by atoms with Gasteiger partial charge in [0.15, 0.2) is 0 Å². The number of benzene rings is 1. The number of aliphatic hydroxyl groups excluding tert-OH is 1. The Kier molecular flexibility index (Phi) is 5.51. The van der Waals surface area contributed by atoms with Crippen LogP contribution >= 0.6 is 0 Å². The van der Waals surface area contributed by atoms with Gasteiger partial charge in [0.2, 0.25) is 0 Å². The second kappa shape index (κ2) is 7.66. The van der Waals surface area contributed by atoms with Crippen LogP contribution < -0.4 is 10.6 Å². The minimum absolute atomic E-state index is 0.0806. The van der Waals surface area contributed by atoms with E-state index < -0.39 is 0 Å². The molecule has 0 unspecified atom stereocenters. The Bertz CT molecular complexity index is 779. The van der Waals surface area contributed by atoms with Gasteiger partial charge in [0, 0.05) is 17.0 Å². The fraction of sp³-hybridized carbons (Fsp3) is 0.550. The molecule has 1 aromatic carbocycles. The average Bonchev–Trinajstić information content (AvgIpc) is 2.91. The quantitative estimate of drug-likeness (QED) is 0.764. The lowest BCUT2D eigenvalue weighted by Crippen LogP contribution is -2.46. The summed E-state index contributed by atoms with van der Waals surface area (Å²) in [5, 5.41) is 16.3. The number of aryl methyl sites for hydroxylation is 1. The summed E-state index contributed by atoms with van der Waals surface area (Å²) in [6.45, 7) is 5.91. The molecule has 0 spiro atoms. The largest absolute Gasteiger partial charge is 0.459 e. The van der Waals surface area contributed by atoms with Crippen LogP contribution in [0.25, 0.3) is 11.0 Å². The van der Waals surface area contributed by atoms with Crippen molar-refractivity contribution >= 4 is 17.0 Å². The number of rotatable bonds is 4. The van der Waals surface area contributed by atoms with Gasteiger partial charge in [-0.25, -0.2) is 9.18 Å². The average molecular weight is 362 g/mol. The Balaban J connectivity index is 1.75. The number of hydrogen-bond donors (Lipinski definition) is 3. The van der Waals surface area contributed by atoms with Crippen LogP contribution in [0.2, 0.25) is 0 Å².